The summed E-state index contributed by atoms with van der Waals surface area (Å²) < 4.78 is 39.0. The fourth-order valence-electron chi connectivity index (χ4n) is 2.86. The predicted octanol–water partition coefficient (Wildman–Crippen LogP) is 3.08. The summed E-state index contributed by atoms with van der Waals surface area (Å²) in [6.07, 6.45) is 1.01. The molecule has 2 rings (SSSR count). The highest BCUT2D eigenvalue weighted by atomic mass is 32.2. The Labute approximate surface area is 160 Å². The van der Waals surface area contributed by atoms with Crippen LogP contribution in [0.2, 0.25) is 0 Å². The first-order valence-electron chi connectivity index (χ1n) is 8.63. The standard InChI is InChI=1S/C20H25FN2O3S/c1-14-9-10-15(2)18(11-14)16(3)22-20(24)13-23(27(4,25)26)12-17-7-5-6-8-19(17)21/h5-11,16H,12-13H2,1-4H3,(H,22,24)/t16-/m0/s1. The molecule has 5 nitrogen and oxygen atoms in total. The molecule has 0 aliphatic heterocycles. The normalized spacial score (nSPS) is 12.8. The largest absolute Gasteiger partial charge is 0.348 e. The van der Waals surface area contributed by atoms with Crippen molar-refractivity contribution < 1.29 is 17.6 Å². The lowest BCUT2D eigenvalue weighted by molar-refractivity contribution is -0.122. The second-order valence-electron chi connectivity index (χ2n) is 6.77. The quantitative estimate of drug-likeness (QED) is 0.787. The van der Waals surface area contributed by atoms with Gasteiger partial charge in [0.15, 0.2) is 0 Å². The number of halogens is 1. The van der Waals surface area contributed by atoms with Crippen LogP contribution in [0.15, 0.2) is 42.5 Å². The van der Waals surface area contributed by atoms with Crippen LogP contribution in [0.1, 0.15) is 35.2 Å². The predicted molar refractivity (Wildman–Crippen MR) is 104 cm³/mol. The molecule has 0 radical (unpaired) electrons. The first-order valence-corrected chi connectivity index (χ1v) is 10.5. The zero-order valence-corrected chi connectivity index (χ0v) is 16.8. The zero-order chi connectivity index (χ0) is 20.2. The molecule has 0 aromatic heterocycles. The smallest absolute Gasteiger partial charge is 0.235 e. The van der Waals surface area contributed by atoms with E-state index in [-0.39, 0.29) is 24.7 Å². The van der Waals surface area contributed by atoms with E-state index in [1.54, 1.807) is 6.07 Å². The van der Waals surface area contributed by atoms with Crippen LogP contribution in [0, 0.1) is 19.7 Å². The lowest BCUT2D eigenvalue weighted by atomic mass is 10.00. The molecule has 2 aromatic carbocycles. The summed E-state index contributed by atoms with van der Waals surface area (Å²) in [7, 11) is -3.68. The van der Waals surface area contributed by atoms with Crippen LogP contribution >= 0.6 is 0 Å². The van der Waals surface area contributed by atoms with Gasteiger partial charge in [0, 0.05) is 12.1 Å². The number of carbonyl (C=O) groups is 1. The number of hydrogen-bond acceptors (Lipinski definition) is 3. The molecule has 0 unspecified atom stereocenters. The van der Waals surface area contributed by atoms with Crippen molar-refractivity contribution >= 4 is 15.9 Å². The lowest BCUT2D eigenvalue weighted by Crippen LogP contribution is -2.40. The first-order chi connectivity index (χ1) is 12.6. The molecule has 7 heteroatoms. The molecule has 0 aliphatic carbocycles. The molecule has 1 N–H and O–H groups in total. The van der Waals surface area contributed by atoms with E-state index in [0.717, 1.165) is 27.3 Å². The van der Waals surface area contributed by atoms with Crippen LogP contribution in [0.25, 0.3) is 0 Å². The summed E-state index contributed by atoms with van der Waals surface area (Å²) in [6.45, 7) is 5.20. The molecule has 0 saturated heterocycles. The van der Waals surface area contributed by atoms with Crippen molar-refractivity contribution in [2.75, 3.05) is 12.8 Å². The van der Waals surface area contributed by atoms with Crippen molar-refractivity contribution in [3.05, 3.63) is 70.5 Å². The molecule has 1 amide bonds. The minimum atomic E-state index is -3.68. The van der Waals surface area contributed by atoms with Gasteiger partial charge in [0.05, 0.1) is 18.8 Å². The molecular formula is C20H25FN2O3S. The van der Waals surface area contributed by atoms with Gasteiger partial charge in [0.2, 0.25) is 15.9 Å². The summed E-state index contributed by atoms with van der Waals surface area (Å²) in [5, 5.41) is 2.83. The van der Waals surface area contributed by atoms with Gasteiger partial charge in [-0.2, -0.15) is 4.31 Å². The van der Waals surface area contributed by atoms with Crippen LogP contribution < -0.4 is 5.32 Å². The van der Waals surface area contributed by atoms with Gasteiger partial charge < -0.3 is 5.32 Å². The Balaban J connectivity index is 2.12. The topological polar surface area (TPSA) is 66.5 Å². The molecule has 0 aliphatic rings. The van der Waals surface area contributed by atoms with Crippen molar-refractivity contribution in [3.63, 3.8) is 0 Å². The Morgan fingerprint density at radius 2 is 1.85 bits per heavy atom. The van der Waals surface area contributed by atoms with Crippen LogP contribution in [-0.2, 0) is 21.4 Å². The molecule has 1 atom stereocenters. The van der Waals surface area contributed by atoms with E-state index < -0.39 is 21.7 Å². The van der Waals surface area contributed by atoms with E-state index in [1.807, 2.05) is 39.0 Å². The number of hydrogen-bond donors (Lipinski definition) is 1. The van der Waals surface area contributed by atoms with E-state index in [9.17, 15) is 17.6 Å². The maximum absolute atomic E-state index is 13.9. The number of nitrogens with zero attached hydrogens (tertiary/aromatic N) is 1. The van der Waals surface area contributed by atoms with Crippen LogP contribution in [0.5, 0.6) is 0 Å². The van der Waals surface area contributed by atoms with E-state index >= 15 is 0 Å². The molecule has 0 heterocycles. The molecule has 0 fully saturated rings. The lowest BCUT2D eigenvalue weighted by Gasteiger charge is -2.22. The van der Waals surface area contributed by atoms with E-state index in [0.29, 0.717) is 0 Å². The van der Waals surface area contributed by atoms with Crippen molar-refractivity contribution in [1.29, 1.82) is 0 Å². The molecule has 2 aromatic rings. The van der Waals surface area contributed by atoms with Crippen molar-refractivity contribution in [1.82, 2.24) is 9.62 Å². The maximum atomic E-state index is 13.9. The van der Waals surface area contributed by atoms with E-state index in [4.69, 9.17) is 0 Å². The van der Waals surface area contributed by atoms with Gasteiger partial charge >= 0.3 is 0 Å². The number of carbonyl (C=O) groups excluding carboxylic acids is 1. The molecular weight excluding hydrogens is 367 g/mol. The van der Waals surface area contributed by atoms with Gasteiger partial charge in [0.1, 0.15) is 5.82 Å². The van der Waals surface area contributed by atoms with Crippen molar-refractivity contribution in [3.8, 4) is 0 Å². The minimum Gasteiger partial charge on any atom is -0.348 e. The van der Waals surface area contributed by atoms with Gasteiger partial charge in [-0.1, -0.05) is 42.0 Å². The van der Waals surface area contributed by atoms with Crippen LogP contribution in [0.3, 0.4) is 0 Å². The van der Waals surface area contributed by atoms with Gasteiger partial charge in [-0.05, 0) is 38.0 Å². The van der Waals surface area contributed by atoms with Crippen LogP contribution in [-0.4, -0.2) is 31.4 Å². The summed E-state index contributed by atoms with van der Waals surface area (Å²) in [6, 6.07) is 11.6. The third-order valence-corrected chi connectivity index (χ3v) is 5.57. The molecule has 27 heavy (non-hydrogen) atoms. The average Bonchev–Trinajstić information content (AvgIpc) is 2.57. The number of aryl methyl sites for hydroxylation is 2. The Hall–Kier alpha value is -2.25. The van der Waals surface area contributed by atoms with E-state index in [1.165, 1.54) is 18.2 Å². The molecule has 0 spiro atoms. The summed E-state index contributed by atoms with van der Waals surface area (Å²) in [5.41, 5.74) is 3.32. The third-order valence-electron chi connectivity index (χ3n) is 4.37. The summed E-state index contributed by atoms with van der Waals surface area (Å²) in [4.78, 5) is 12.4. The Bertz CT molecular complexity index is 929. The number of nitrogens with one attached hydrogen (secondary N) is 1. The molecule has 0 saturated carbocycles. The third kappa shape index (κ3) is 5.87. The zero-order valence-electron chi connectivity index (χ0n) is 16.0. The van der Waals surface area contributed by atoms with Gasteiger partial charge in [-0.3, -0.25) is 4.79 Å². The second kappa shape index (κ2) is 8.63. The highest BCUT2D eigenvalue weighted by Crippen LogP contribution is 2.19. The molecule has 146 valence electrons. The van der Waals surface area contributed by atoms with Crippen LogP contribution in [0.4, 0.5) is 4.39 Å². The SMILES string of the molecule is Cc1ccc(C)c([C@H](C)NC(=O)CN(Cc2ccccc2F)S(C)(=O)=O)c1. The number of benzene rings is 2. The number of rotatable bonds is 7. The maximum Gasteiger partial charge on any atom is 0.235 e. The Morgan fingerprint density at radius 1 is 1.19 bits per heavy atom. The summed E-state index contributed by atoms with van der Waals surface area (Å²) in [5.74, 6) is -0.944. The van der Waals surface area contributed by atoms with E-state index in [2.05, 4.69) is 5.32 Å². The highest BCUT2D eigenvalue weighted by Gasteiger charge is 2.23. The van der Waals surface area contributed by atoms with Crippen molar-refractivity contribution in [2.24, 2.45) is 0 Å². The van der Waals surface area contributed by atoms with Gasteiger partial charge in [-0.25, -0.2) is 12.8 Å². The average molecular weight is 392 g/mol. The number of amides is 1. The minimum absolute atomic E-state index is 0.198. The number of sulfonamides is 1. The second-order valence-corrected chi connectivity index (χ2v) is 8.75. The van der Waals surface area contributed by atoms with Crippen molar-refractivity contribution in [2.45, 2.75) is 33.4 Å². The van der Waals surface area contributed by atoms with Gasteiger partial charge in [-0.15, -0.1) is 0 Å². The monoisotopic (exact) mass is 392 g/mol. The Morgan fingerprint density at radius 3 is 2.48 bits per heavy atom. The molecule has 0 bridgehead atoms. The van der Waals surface area contributed by atoms with Gasteiger partial charge in [0.25, 0.3) is 0 Å². The highest BCUT2D eigenvalue weighted by molar-refractivity contribution is 7.88. The fourth-order valence-corrected chi connectivity index (χ4v) is 3.58. The Kier molecular flexibility index (Phi) is 6.73. The fraction of sp³-hybridized carbons (Fsp3) is 0.350. The summed E-state index contributed by atoms with van der Waals surface area (Å²) >= 11 is 0. The first kappa shape index (κ1) is 21.1.